The Balaban J connectivity index is 1.21. The summed E-state index contributed by atoms with van der Waals surface area (Å²) >= 11 is 0. The fourth-order valence-electron chi connectivity index (χ4n) is 6.66. The average Bonchev–Trinajstić information content (AvgIpc) is 3.50. The number of carbonyl (C=O) groups is 1. The highest BCUT2D eigenvalue weighted by atomic mass is 16.6. The number of aromatic amines is 1. The van der Waals surface area contributed by atoms with Gasteiger partial charge in [-0.3, -0.25) is 20.3 Å². The minimum absolute atomic E-state index is 0.121. The summed E-state index contributed by atoms with van der Waals surface area (Å²) in [6.45, 7) is 7.05. The number of hydrogen-bond acceptors (Lipinski definition) is 5. The number of H-pyrrole nitrogens is 1. The first kappa shape index (κ1) is 35.1. The lowest BCUT2D eigenvalue weighted by atomic mass is 9.99. The minimum atomic E-state index is -0.493. The summed E-state index contributed by atoms with van der Waals surface area (Å²) in [4.78, 5) is 29.7. The molecule has 0 unspecified atom stereocenters. The number of carbonyl (C=O) groups excluding carboxylic acids is 1. The van der Waals surface area contributed by atoms with E-state index in [-0.39, 0.29) is 17.2 Å². The number of unbranched alkanes of at least 4 members (excludes halogenated alkanes) is 1. The Morgan fingerprint density at radius 2 is 1.45 bits per heavy atom. The molecule has 2 N–H and O–H groups in total. The number of fused-ring (bicyclic) bond motifs is 1. The zero-order chi connectivity index (χ0) is 35.6. The number of nitro benzene ring substituents is 1. The zero-order valence-corrected chi connectivity index (χ0v) is 29.2. The SMILES string of the molecule is Cc1cc(C)cc(-c2[nH]c3ccc(NC(=O)OCc4ccccc4)cc3c2CCN(CCCCc2ccc([N+](=O)[O-])cc2)Cc2ccccc2)c1. The third kappa shape index (κ3) is 9.71. The number of benzene rings is 5. The van der Waals surface area contributed by atoms with Crippen molar-refractivity contribution < 1.29 is 14.5 Å². The van der Waals surface area contributed by atoms with Gasteiger partial charge in [-0.15, -0.1) is 0 Å². The first-order chi connectivity index (χ1) is 24.8. The fourth-order valence-corrected chi connectivity index (χ4v) is 6.66. The molecule has 6 rings (SSSR count). The molecule has 0 bridgehead atoms. The normalized spacial score (nSPS) is 11.2. The van der Waals surface area contributed by atoms with E-state index < -0.39 is 6.09 Å². The Bertz CT molecular complexity index is 2060. The van der Waals surface area contributed by atoms with E-state index in [0.717, 1.165) is 78.6 Å². The van der Waals surface area contributed by atoms with Gasteiger partial charge in [-0.1, -0.05) is 90.0 Å². The van der Waals surface area contributed by atoms with Crippen LogP contribution >= 0.6 is 0 Å². The maximum Gasteiger partial charge on any atom is 0.411 e. The van der Waals surface area contributed by atoms with Gasteiger partial charge in [0.05, 0.1) is 4.92 Å². The van der Waals surface area contributed by atoms with Crippen LogP contribution in [0.25, 0.3) is 22.2 Å². The smallest absolute Gasteiger partial charge is 0.411 e. The number of non-ortho nitro benzene ring substituents is 1. The summed E-state index contributed by atoms with van der Waals surface area (Å²) in [5.74, 6) is 0. The third-order valence-electron chi connectivity index (χ3n) is 9.14. The van der Waals surface area contributed by atoms with Crippen LogP contribution in [0, 0.1) is 24.0 Å². The van der Waals surface area contributed by atoms with E-state index in [0.29, 0.717) is 5.69 Å². The Morgan fingerprint density at radius 3 is 2.14 bits per heavy atom. The van der Waals surface area contributed by atoms with Crippen LogP contribution in [0.3, 0.4) is 0 Å². The summed E-state index contributed by atoms with van der Waals surface area (Å²) in [5.41, 5.74) is 11.0. The lowest BCUT2D eigenvalue weighted by Gasteiger charge is -2.23. The predicted octanol–water partition coefficient (Wildman–Crippen LogP) is 10.2. The van der Waals surface area contributed by atoms with E-state index in [1.165, 1.54) is 22.3 Å². The van der Waals surface area contributed by atoms with Crippen LogP contribution in [0.15, 0.2) is 121 Å². The molecule has 1 amide bonds. The molecule has 0 atom stereocenters. The molecule has 0 aliphatic rings. The Labute approximate surface area is 299 Å². The highest BCUT2D eigenvalue weighted by Crippen LogP contribution is 2.34. The first-order valence-electron chi connectivity index (χ1n) is 17.5. The van der Waals surface area contributed by atoms with E-state index in [9.17, 15) is 14.9 Å². The molecule has 0 radical (unpaired) electrons. The lowest BCUT2D eigenvalue weighted by molar-refractivity contribution is -0.384. The van der Waals surface area contributed by atoms with Crippen LogP contribution in [0.5, 0.6) is 0 Å². The number of rotatable bonds is 15. The number of anilines is 1. The number of nitro groups is 1. The minimum Gasteiger partial charge on any atom is -0.444 e. The molecule has 6 aromatic rings. The molecule has 8 heteroatoms. The number of nitrogens with one attached hydrogen (secondary N) is 2. The molecule has 8 nitrogen and oxygen atoms in total. The molecule has 0 aliphatic heterocycles. The molecule has 0 spiro atoms. The van der Waals surface area contributed by atoms with Gasteiger partial charge >= 0.3 is 6.09 Å². The van der Waals surface area contributed by atoms with Gasteiger partial charge in [-0.2, -0.15) is 0 Å². The van der Waals surface area contributed by atoms with E-state index in [2.05, 4.69) is 71.5 Å². The first-order valence-corrected chi connectivity index (χ1v) is 17.5. The van der Waals surface area contributed by atoms with Gasteiger partial charge in [-0.05, 0) is 104 Å². The van der Waals surface area contributed by atoms with Crippen molar-refractivity contribution in [3.8, 4) is 11.3 Å². The van der Waals surface area contributed by atoms with Crippen LogP contribution in [0.2, 0.25) is 0 Å². The van der Waals surface area contributed by atoms with E-state index in [1.807, 2.05) is 66.7 Å². The molecule has 260 valence electrons. The van der Waals surface area contributed by atoms with Crippen LogP contribution < -0.4 is 5.32 Å². The van der Waals surface area contributed by atoms with Gasteiger partial charge in [0.25, 0.3) is 5.69 Å². The maximum absolute atomic E-state index is 12.8. The second kappa shape index (κ2) is 16.8. The maximum atomic E-state index is 12.8. The molecule has 0 aliphatic carbocycles. The van der Waals surface area contributed by atoms with Gasteiger partial charge in [0.1, 0.15) is 6.61 Å². The summed E-state index contributed by atoms with van der Waals surface area (Å²) in [6, 6.07) is 39.7. The summed E-state index contributed by atoms with van der Waals surface area (Å²) in [7, 11) is 0. The van der Waals surface area contributed by atoms with Gasteiger partial charge < -0.3 is 9.72 Å². The Morgan fingerprint density at radius 1 is 0.765 bits per heavy atom. The van der Waals surface area contributed by atoms with Gasteiger partial charge in [0.15, 0.2) is 0 Å². The summed E-state index contributed by atoms with van der Waals surface area (Å²) in [6.07, 6.45) is 3.17. The van der Waals surface area contributed by atoms with E-state index >= 15 is 0 Å². The number of hydrogen-bond donors (Lipinski definition) is 2. The van der Waals surface area contributed by atoms with Crippen molar-refractivity contribution in [2.45, 2.75) is 52.7 Å². The molecular weight excluding hydrogens is 636 g/mol. The molecule has 0 saturated heterocycles. The van der Waals surface area contributed by atoms with Crippen LogP contribution in [-0.2, 0) is 30.7 Å². The predicted molar refractivity (Wildman–Crippen MR) is 205 cm³/mol. The van der Waals surface area contributed by atoms with Crippen molar-refractivity contribution in [2.24, 2.45) is 0 Å². The summed E-state index contributed by atoms with van der Waals surface area (Å²) < 4.78 is 5.51. The molecule has 51 heavy (non-hydrogen) atoms. The molecule has 1 aromatic heterocycles. The molecule has 5 aromatic carbocycles. The number of amides is 1. The van der Waals surface area contributed by atoms with Gasteiger partial charge in [0, 0.05) is 47.5 Å². The third-order valence-corrected chi connectivity index (χ3v) is 9.14. The van der Waals surface area contributed by atoms with E-state index in [1.54, 1.807) is 12.1 Å². The molecule has 1 heterocycles. The van der Waals surface area contributed by atoms with E-state index in [4.69, 9.17) is 4.74 Å². The van der Waals surface area contributed by atoms with Gasteiger partial charge in [0.2, 0.25) is 0 Å². The van der Waals surface area contributed by atoms with Crippen LogP contribution in [-0.4, -0.2) is 34.0 Å². The van der Waals surface area contributed by atoms with Gasteiger partial charge in [-0.25, -0.2) is 4.79 Å². The monoisotopic (exact) mass is 680 g/mol. The van der Waals surface area contributed by atoms with Crippen molar-refractivity contribution in [1.29, 1.82) is 0 Å². The van der Waals surface area contributed by atoms with Crippen molar-refractivity contribution in [1.82, 2.24) is 9.88 Å². The second-order valence-corrected chi connectivity index (χ2v) is 13.2. The summed E-state index contributed by atoms with van der Waals surface area (Å²) in [5, 5.41) is 15.1. The van der Waals surface area contributed by atoms with Crippen LogP contribution in [0.1, 0.15) is 46.2 Å². The quantitative estimate of drug-likeness (QED) is 0.0639. The number of ether oxygens (including phenoxy) is 1. The molecular formula is C43H44N4O4. The standard InChI is InChI=1S/C43H44N4O4/c1-31-25-32(2)27-36(26-31)42-39(40-28-37(18-21-41(40)45-42)44-43(48)51-30-35-14-7-4-8-15-35)22-24-46(29-34-12-5-3-6-13-34)23-10-9-11-33-16-19-38(20-17-33)47(49)50/h3-8,12-21,25-28,45H,9-11,22-24,29-30H2,1-2H3,(H,44,48). The average molecular weight is 681 g/mol. The van der Waals surface area contributed by atoms with Crippen molar-refractivity contribution in [3.05, 3.63) is 165 Å². The highest BCUT2D eigenvalue weighted by molar-refractivity contribution is 5.95. The van der Waals surface area contributed by atoms with Crippen molar-refractivity contribution in [3.63, 3.8) is 0 Å². The fraction of sp³-hybridized carbons (Fsp3) is 0.233. The molecule has 0 fully saturated rings. The number of nitrogens with zero attached hydrogens (tertiary/aromatic N) is 2. The number of aryl methyl sites for hydroxylation is 3. The topological polar surface area (TPSA) is 100 Å². The number of aromatic nitrogens is 1. The Hall–Kier alpha value is -5.73. The second-order valence-electron chi connectivity index (χ2n) is 13.2. The lowest BCUT2D eigenvalue weighted by Crippen LogP contribution is -2.27. The van der Waals surface area contributed by atoms with Crippen LogP contribution in [0.4, 0.5) is 16.2 Å². The van der Waals surface area contributed by atoms with Crippen molar-refractivity contribution in [2.75, 3.05) is 18.4 Å². The zero-order valence-electron chi connectivity index (χ0n) is 29.2. The Kier molecular flexibility index (Phi) is 11.6. The largest absolute Gasteiger partial charge is 0.444 e. The highest BCUT2D eigenvalue weighted by Gasteiger charge is 2.17. The molecule has 0 saturated carbocycles. The van der Waals surface area contributed by atoms with Crippen molar-refractivity contribution >= 4 is 28.4 Å².